The van der Waals surface area contributed by atoms with E-state index < -0.39 is 77.7 Å². The molecule has 103 heavy (non-hydrogen) atoms. The number of hydrogen-bond donors (Lipinski definition) is 7. The molecule has 16 heterocycles. The van der Waals surface area contributed by atoms with E-state index in [0.717, 1.165) is 30.3 Å². The molecule has 0 saturated carbocycles. The van der Waals surface area contributed by atoms with Crippen molar-refractivity contribution in [2.24, 2.45) is 0 Å². The Morgan fingerprint density at radius 2 is 1.10 bits per heavy atom. The van der Waals surface area contributed by atoms with Crippen LogP contribution >= 0.6 is 24.0 Å². The van der Waals surface area contributed by atoms with Crippen LogP contribution in [0.2, 0.25) is 0 Å². The van der Waals surface area contributed by atoms with Gasteiger partial charge in [-0.2, -0.15) is 0 Å². The molecule has 1 fully saturated rings. The van der Waals surface area contributed by atoms with Crippen molar-refractivity contribution in [3.8, 4) is 17.2 Å². The van der Waals surface area contributed by atoms with E-state index in [1.807, 2.05) is 42.4 Å². The van der Waals surface area contributed by atoms with Gasteiger partial charge in [0.1, 0.15) is 30.5 Å². The van der Waals surface area contributed by atoms with Gasteiger partial charge in [-0.05, 0) is 70.7 Å². The van der Waals surface area contributed by atoms with Gasteiger partial charge in [-0.3, -0.25) is 72.3 Å². The van der Waals surface area contributed by atoms with Gasteiger partial charge >= 0.3 is 0 Å². The van der Waals surface area contributed by atoms with E-state index in [1.165, 1.54) is 50.2 Å². The molecule has 3 aromatic rings. The number of amides is 8. The molecule has 13 aliphatic heterocycles. The van der Waals surface area contributed by atoms with Crippen LogP contribution in [-0.2, 0) is 48.3 Å². The van der Waals surface area contributed by atoms with Gasteiger partial charge in [-0.1, -0.05) is 83.9 Å². The molecule has 0 aromatic carbocycles. The second kappa shape index (κ2) is 41.4. The first-order chi connectivity index (χ1) is 49.6. The topological polar surface area (TPSA) is 340 Å². The summed E-state index contributed by atoms with van der Waals surface area (Å²) in [5.74, 6) is -3.93. The number of rotatable bonds is 22. The van der Waals surface area contributed by atoms with E-state index in [9.17, 15) is 52.7 Å². The van der Waals surface area contributed by atoms with Crippen LogP contribution in [0.25, 0.3) is 0 Å². The second-order valence-corrected chi connectivity index (χ2v) is 27.2. The van der Waals surface area contributed by atoms with Crippen molar-refractivity contribution in [1.82, 2.24) is 75.4 Å². The minimum Gasteiger partial charge on any atom is -0.491 e. The van der Waals surface area contributed by atoms with Crippen LogP contribution in [0.3, 0.4) is 0 Å². The molecule has 0 aliphatic carbocycles. The van der Waals surface area contributed by atoms with E-state index >= 15 is 0 Å². The quantitative estimate of drug-likeness (QED) is 0.0558. The van der Waals surface area contributed by atoms with Crippen molar-refractivity contribution in [3.63, 3.8) is 0 Å². The molecule has 8 bridgehead atoms. The summed E-state index contributed by atoms with van der Waals surface area (Å²) in [4.78, 5) is 164. The SMILES string of the molecule is C=C1C(OCCCC)=C2C=C(C)N1CC(=O)NCCN1CCNC(=O)Cn3ccc(c(OCCCC)c3=O)C(=O)NCCN(CCNC2=O)CCNC(=O)c2cc(C)n(c(=O)c2OCCCC)CC(=O)NCCN(CCNC(=O)Cn2c(C)cc(C(=O)N3CCSC3=S)c(OCCCC)c2=O)CC1. The Hall–Kier alpha value is -8.85. The summed E-state index contributed by atoms with van der Waals surface area (Å²) in [5.41, 5.74) is -0.381. The van der Waals surface area contributed by atoms with E-state index in [2.05, 4.69) is 43.8 Å². The van der Waals surface area contributed by atoms with Crippen LogP contribution in [0.15, 0.2) is 74.2 Å². The number of carbonyl (C=O) groups excluding carboxylic acids is 8. The minimum atomic E-state index is -0.699. The fourth-order valence-electron chi connectivity index (χ4n) is 11.7. The van der Waals surface area contributed by atoms with Crippen LogP contribution in [0.4, 0.5) is 0 Å². The molecule has 564 valence electrons. The molecular weight excluding hydrogens is 1370 g/mol. The van der Waals surface area contributed by atoms with E-state index in [4.69, 9.17) is 31.2 Å². The van der Waals surface area contributed by atoms with Gasteiger partial charge < -0.3 is 74.8 Å². The molecule has 0 spiro atoms. The predicted molar refractivity (Wildman–Crippen MR) is 395 cm³/mol. The number of pyridine rings is 3. The Labute approximate surface area is 611 Å². The van der Waals surface area contributed by atoms with Gasteiger partial charge in [-0.15, -0.1) is 0 Å². The number of ether oxygens (including phenoxy) is 4. The lowest BCUT2D eigenvalue weighted by Crippen LogP contribution is -2.47. The lowest BCUT2D eigenvalue weighted by atomic mass is 10.0. The normalized spacial score (nSPS) is 18.6. The average molecular weight is 1470 g/mol. The predicted octanol–water partition coefficient (Wildman–Crippen LogP) is 1.98. The molecular formula is C71H103N15O15S2. The highest BCUT2D eigenvalue weighted by molar-refractivity contribution is 8.23. The zero-order valence-corrected chi connectivity index (χ0v) is 62.3. The number of carbonyl (C=O) groups is 8. The maximum absolute atomic E-state index is 14.5. The zero-order chi connectivity index (χ0) is 74.5. The highest BCUT2D eigenvalue weighted by Crippen LogP contribution is 2.30. The van der Waals surface area contributed by atoms with E-state index in [-0.39, 0.29) is 182 Å². The molecule has 3 aromatic heterocycles. The number of aromatic nitrogens is 3. The molecule has 32 heteroatoms. The standard InChI is InChI=1S/C71H103N15O15S2/c1-9-13-36-98-60-51(8)84-45-57(88)73-19-27-80-26-18-72-56(87)44-82-25-17-52(61(68(82)95)99-37-14-10-2)64(91)76-22-30-79(31-23-77-65(92)53(60)41-48(84)5)32-24-78-66(93)54-42-49(6)85(69(96)62(54)100-38-15-11-3)46-58(89)74-20-28-81(34-33-80)29-21-75-59(90)47-86-50(7)43-55(63(70(86)97)101-39-16-12-4)67(94)83-35-40-103-71(83)102/h17,25,41-43H,8-16,18-24,26-40,44-47H2,1-7H3,(H,72,87)(H,73,88)(H,74,89)(H,75,90)(H,76,91)(H,77,92)(H,78,93). The number of nitrogens with one attached hydrogen (secondary N) is 7. The number of thioether (sulfide) groups is 1. The molecule has 13 aliphatic rings. The van der Waals surface area contributed by atoms with Crippen molar-refractivity contribution in [3.05, 3.63) is 119 Å². The Morgan fingerprint density at radius 1 is 0.573 bits per heavy atom. The molecule has 2 unspecified atom stereocenters. The maximum atomic E-state index is 14.5. The van der Waals surface area contributed by atoms with Crippen LogP contribution < -0.4 is 68.1 Å². The first kappa shape index (κ1) is 81.4. The summed E-state index contributed by atoms with van der Waals surface area (Å²) in [6, 6.07) is 4.45. The maximum Gasteiger partial charge on any atom is 0.294 e. The molecule has 7 N–H and O–H groups in total. The molecule has 2 atom stereocenters. The third kappa shape index (κ3) is 23.6. The van der Waals surface area contributed by atoms with Gasteiger partial charge in [-0.25, -0.2) is 0 Å². The van der Waals surface area contributed by atoms with E-state index in [0.29, 0.717) is 71.6 Å². The van der Waals surface area contributed by atoms with Gasteiger partial charge in [0.15, 0.2) is 23.0 Å². The van der Waals surface area contributed by atoms with Crippen molar-refractivity contribution >= 4 is 75.6 Å². The lowest BCUT2D eigenvalue weighted by molar-refractivity contribution is -0.122. The van der Waals surface area contributed by atoms with Gasteiger partial charge in [0.05, 0.1) is 54.4 Å². The molecule has 30 nitrogen and oxygen atoms in total. The van der Waals surface area contributed by atoms with Crippen molar-refractivity contribution in [1.29, 1.82) is 0 Å². The summed E-state index contributed by atoms with van der Waals surface area (Å²) in [7, 11) is 0. The number of thiocarbonyl (C=S) groups is 1. The van der Waals surface area contributed by atoms with Gasteiger partial charge in [0, 0.05) is 140 Å². The number of unbranched alkanes of at least 4 members (excludes halogenated alkanes) is 4. The summed E-state index contributed by atoms with van der Waals surface area (Å²) in [5, 5.41) is 20.6. The van der Waals surface area contributed by atoms with E-state index in [1.54, 1.807) is 31.7 Å². The fraction of sp³-hybridized carbons (Fsp3) is 0.577. The Morgan fingerprint density at radius 3 is 1.69 bits per heavy atom. The lowest BCUT2D eigenvalue weighted by Gasteiger charge is -2.33. The minimum absolute atomic E-state index is 0.0124. The number of hydrogen-bond acceptors (Lipinski definition) is 21. The fourth-order valence-corrected chi connectivity index (χ4v) is 12.9. The number of aryl methyl sites for hydroxylation is 2. The summed E-state index contributed by atoms with van der Waals surface area (Å²) < 4.78 is 28.4. The number of allylic oxidation sites excluding steroid dienone is 1. The highest BCUT2D eigenvalue weighted by Gasteiger charge is 2.32. The largest absolute Gasteiger partial charge is 0.491 e. The van der Waals surface area contributed by atoms with Crippen LogP contribution in [0, 0.1) is 13.8 Å². The second-order valence-electron chi connectivity index (χ2n) is 25.5. The molecule has 0 radical (unpaired) electrons. The van der Waals surface area contributed by atoms with Crippen LogP contribution in [0.1, 0.15) is 128 Å². The van der Waals surface area contributed by atoms with Gasteiger partial charge in [0.25, 0.3) is 40.3 Å². The van der Waals surface area contributed by atoms with Crippen LogP contribution in [0.5, 0.6) is 17.2 Å². The Bertz CT molecular complexity index is 3810. The molecule has 1 saturated heterocycles. The smallest absolute Gasteiger partial charge is 0.294 e. The Kier molecular flexibility index (Phi) is 32.8. The monoisotopic (exact) mass is 1470 g/mol. The van der Waals surface area contributed by atoms with Crippen molar-refractivity contribution < 1.29 is 57.3 Å². The molecule has 16 rings (SSSR count). The Balaban J connectivity index is 1.24. The highest BCUT2D eigenvalue weighted by atomic mass is 32.2. The average Bonchev–Trinajstić information content (AvgIpc) is 1.80. The summed E-state index contributed by atoms with van der Waals surface area (Å²) in [6.07, 6.45) is 8.42. The molecule has 8 amide bonds. The first-order valence-electron chi connectivity index (χ1n) is 35.8. The first-order valence-corrected chi connectivity index (χ1v) is 37.2. The van der Waals surface area contributed by atoms with Crippen molar-refractivity contribution in [2.75, 3.05) is 150 Å². The number of nitrogens with zero attached hydrogens (tertiary/aromatic N) is 8. The summed E-state index contributed by atoms with van der Waals surface area (Å²) >= 11 is 6.81. The third-order valence-corrected chi connectivity index (χ3v) is 19.1. The van der Waals surface area contributed by atoms with Crippen LogP contribution in [-0.4, -0.2) is 240 Å². The summed E-state index contributed by atoms with van der Waals surface area (Å²) in [6.45, 7) is 19.2. The third-order valence-electron chi connectivity index (χ3n) is 17.7. The van der Waals surface area contributed by atoms with Gasteiger partial charge in [0.2, 0.25) is 23.6 Å². The zero-order valence-electron chi connectivity index (χ0n) is 60.7. The van der Waals surface area contributed by atoms with Crippen molar-refractivity contribution in [2.45, 2.75) is 119 Å².